The standard InChI is InChI=1S/C16H17N3O3/c20-16(10-1-3-12-13(7-10)18-9-17-12)19-11-2-4-14-15(8-11)22-6-5-21-14/h2,4,8-10H,1,3,5-7H2,(H,17,18)(H,19,20). The molecule has 1 aromatic carbocycles. The van der Waals surface area contributed by atoms with Gasteiger partial charge in [0.1, 0.15) is 13.2 Å². The highest BCUT2D eigenvalue weighted by Gasteiger charge is 2.26. The molecule has 4 rings (SSSR count). The number of aryl methyl sites for hydroxylation is 1. The average Bonchev–Trinajstić information content (AvgIpc) is 3.02. The highest BCUT2D eigenvalue weighted by Crippen LogP contribution is 2.33. The molecule has 0 spiro atoms. The monoisotopic (exact) mass is 299 g/mol. The second-order valence-corrected chi connectivity index (χ2v) is 5.62. The number of benzene rings is 1. The van der Waals surface area contributed by atoms with Crippen molar-refractivity contribution in [2.24, 2.45) is 5.92 Å². The van der Waals surface area contributed by atoms with Crippen LogP contribution in [0.25, 0.3) is 0 Å². The molecule has 6 nitrogen and oxygen atoms in total. The van der Waals surface area contributed by atoms with E-state index in [0.29, 0.717) is 25.4 Å². The number of nitrogens with one attached hydrogen (secondary N) is 2. The van der Waals surface area contributed by atoms with E-state index in [0.717, 1.165) is 35.7 Å². The molecule has 1 amide bonds. The Balaban J connectivity index is 1.46. The van der Waals surface area contributed by atoms with Crippen LogP contribution in [0.15, 0.2) is 24.5 Å². The summed E-state index contributed by atoms with van der Waals surface area (Å²) in [6, 6.07) is 5.49. The molecule has 0 radical (unpaired) electrons. The molecule has 1 unspecified atom stereocenters. The van der Waals surface area contributed by atoms with E-state index in [1.165, 1.54) is 0 Å². The van der Waals surface area contributed by atoms with Crippen molar-refractivity contribution in [1.82, 2.24) is 9.97 Å². The Morgan fingerprint density at radius 3 is 3.05 bits per heavy atom. The molecule has 0 bridgehead atoms. The summed E-state index contributed by atoms with van der Waals surface area (Å²) in [5.74, 6) is 1.42. The number of hydrogen-bond acceptors (Lipinski definition) is 4. The molecule has 1 aromatic heterocycles. The number of aromatic nitrogens is 2. The first-order valence-corrected chi connectivity index (χ1v) is 7.51. The van der Waals surface area contributed by atoms with Crippen LogP contribution in [-0.2, 0) is 17.6 Å². The number of H-pyrrole nitrogens is 1. The van der Waals surface area contributed by atoms with Crippen molar-refractivity contribution in [1.29, 1.82) is 0 Å². The van der Waals surface area contributed by atoms with Crippen LogP contribution < -0.4 is 14.8 Å². The lowest BCUT2D eigenvalue weighted by Gasteiger charge is -2.22. The second-order valence-electron chi connectivity index (χ2n) is 5.62. The zero-order chi connectivity index (χ0) is 14.9. The van der Waals surface area contributed by atoms with Gasteiger partial charge in [0, 0.05) is 29.8 Å². The molecular weight excluding hydrogens is 282 g/mol. The van der Waals surface area contributed by atoms with Gasteiger partial charge in [0.2, 0.25) is 5.91 Å². The van der Waals surface area contributed by atoms with Crippen molar-refractivity contribution < 1.29 is 14.3 Å². The van der Waals surface area contributed by atoms with Gasteiger partial charge in [0.05, 0.1) is 12.0 Å². The topological polar surface area (TPSA) is 76.2 Å². The van der Waals surface area contributed by atoms with E-state index in [4.69, 9.17) is 9.47 Å². The lowest BCUT2D eigenvalue weighted by atomic mass is 9.89. The van der Waals surface area contributed by atoms with Gasteiger partial charge in [0.25, 0.3) is 0 Å². The zero-order valence-electron chi connectivity index (χ0n) is 12.1. The molecular formula is C16H17N3O3. The summed E-state index contributed by atoms with van der Waals surface area (Å²) in [5.41, 5.74) is 2.90. The van der Waals surface area contributed by atoms with Crippen LogP contribution in [0.3, 0.4) is 0 Å². The van der Waals surface area contributed by atoms with Gasteiger partial charge >= 0.3 is 0 Å². The van der Waals surface area contributed by atoms with Crippen LogP contribution in [-0.4, -0.2) is 29.1 Å². The minimum Gasteiger partial charge on any atom is -0.486 e. The summed E-state index contributed by atoms with van der Waals surface area (Å²) in [4.78, 5) is 19.8. The van der Waals surface area contributed by atoms with Gasteiger partial charge in [-0.15, -0.1) is 0 Å². The van der Waals surface area contributed by atoms with E-state index >= 15 is 0 Å². The molecule has 0 saturated heterocycles. The summed E-state index contributed by atoms with van der Waals surface area (Å²) < 4.78 is 11.0. The maximum atomic E-state index is 12.4. The number of carbonyl (C=O) groups is 1. The van der Waals surface area contributed by atoms with Gasteiger partial charge in [0.15, 0.2) is 11.5 Å². The van der Waals surface area contributed by atoms with Gasteiger partial charge < -0.3 is 19.8 Å². The lowest BCUT2D eigenvalue weighted by Crippen LogP contribution is -2.28. The number of hydrogen-bond donors (Lipinski definition) is 2. The molecule has 0 fully saturated rings. The number of nitrogens with zero attached hydrogens (tertiary/aromatic N) is 1. The van der Waals surface area contributed by atoms with Crippen LogP contribution in [0.1, 0.15) is 17.8 Å². The van der Waals surface area contributed by atoms with Crippen LogP contribution in [0, 0.1) is 5.92 Å². The molecule has 2 aliphatic rings. The maximum Gasteiger partial charge on any atom is 0.227 e. The van der Waals surface area contributed by atoms with Crippen molar-refractivity contribution in [3.05, 3.63) is 35.9 Å². The maximum absolute atomic E-state index is 12.4. The number of anilines is 1. The molecule has 114 valence electrons. The Morgan fingerprint density at radius 2 is 2.14 bits per heavy atom. The number of rotatable bonds is 2. The first kappa shape index (κ1) is 13.2. The Bertz CT molecular complexity index is 710. The van der Waals surface area contributed by atoms with E-state index in [1.54, 1.807) is 6.33 Å². The zero-order valence-corrected chi connectivity index (χ0v) is 12.1. The molecule has 1 aliphatic heterocycles. The van der Waals surface area contributed by atoms with Crippen molar-refractivity contribution in [3.63, 3.8) is 0 Å². The fourth-order valence-electron chi connectivity index (χ4n) is 2.99. The molecule has 6 heteroatoms. The van der Waals surface area contributed by atoms with Crippen molar-refractivity contribution in [2.45, 2.75) is 19.3 Å². The minimum absolute atomic E-state index is 0.0267. The third-order valence-corrected chi connectivity index (χ3v) is 4.17. The smallest absolute Gasteiger partial charge is 0.227 e. The van der Waals surface area contributed by atoms with Crippen molar-refractivity contribution >= 4 is 11.6 Å². The first-order valence-electron chi connectivity index (χ1n) is 7.51. The Labute approximate surface area is 127 Å². The average molecular weight is 299 g/mol. The number of carbonyl (C=O) groups excluding carboxylic acids is 1. The Hall–Kier alpha value is -2.50. The highest BCUT2D eigenvalue weighted by atomic mass is 16.6. The fraction of sp³-hybridized carbons (Fsp3) is 0.375. The number of imidazole rings is 1. The third kappa shape index (κ3) is 2.41. The predicted molar refractivity (Wildman–Crippen MR) is 80.2 cm³/mol. The van der Waals surface area contributed by atoms with Crippen LogP contribution >= 0.6 is 0 Å². The number of ether oxygens (including phenoxy) is 2. The van der Waals surface area contributed by atoms with Gasteiger partial charge in [-0.3, -0.25) is 4.79 Å². The SMILES string of the molecule is O=C(Nc1ccc2c(c1)OCCO2)C1CCc2nc[nH]c2C1. The number of aromatic amines is 1. The normalized spacial score (nSPS) is 19.4. The summed E-state index contributed by atoms with van der Waals surface area (Å²) in [6.07, 6.45) is 4.09. The molecule has 0 saturated carbocycles. The molecule has 1 atom stereocenters. The van der Waals surface area contributed by atoms with Gasteiger partial charge in [-0.25, -0.2) is 4.98 Å². The van der Waals surface area contributed by atoms with E-state index in [-0.39, 0.29) is 11.8 Å². The van der Waals surface area contributed by atoms with Crippen LogP contribution in [0.4, 0.5) is 5.69 Å². The van der Waals surface area contributed by atoms with Gasteiger partial charge in [-0.2, -0.15) is 0 Å². The molecule has 2 heterocycles. The van der Waals surface area contributed by atoms with E-state index in [9.17, 15) is 4.79 Å². The molecule has 22 heavy (non-hydrogen) atoms. The van der Waals surface area contributed by atoms with Gasteiger partial charge in [-0.1, -0.05) is 0 Å². The molecule has 2 N–H and O–H groups in total. The molecule has 2 aromatic rings. The van der Waals surface area contributed by atoms with E-state index < -0.39 is 0 Å². The molecule has 1 aliphatic carbocycles. The first-order chi connectivity index (χ1) is 10.8. The van der Waals surface area contributed by atoms with E-state index in [2.05, 4.69) is 15.3 Å². The van der Waals surface area contributed by atoms with E-state index in [1.807, 2.05) is 18.2 Å². The Morgan fingerprint density at radius 1 is 1.27 bits per heavy atom. The third-order valence-electron chi connectivity index (χ3n) is 4.17. The summed E-state index contributed by atoms with van der Waals surface area (Å²) >= 11 is 0. The number of fused-ring (bicyclic) bond motifs is 2. The predicted octanol–water partition coefficient (Wildman–Crippen LogP) is 1.92. The van der Waals surface area contributed by atoms with Crippen molar-refractivity contribution in [3.8, 4) is 11.5 Å². The number of amides is 1. The second kappa shape index (κ2) is 5.36. The van der Waals surface area contributed by atoms with Crippen LogP contribution in [0.2, 0.25) is 0 Å². The lowest BCUT2D eigenvalue weighted by molar-refractivity contribution is -0.120. The highest BCUT2D eigenvalue weighted by molar-refractivity contribution is 5.93. The van der Waals surface area contributed by atoms with Crippen LogP contribution in [0.5, 0.6) is 11.5 Å². The summed E-state index contributed by atoms with van der Waals surface area (Å²) in [5, 5.41) is 2.98. The Kier molecular flexibility index (Phi) is 3.21. The summed E-state index contributed by atoms with van der Waals surface area (Å²) in [7, 11) is 0. The van der Waals surface area contributed by atoms with Crippen molar-refractivity contribution in [2.75, 3.05) is 18.5 Å². The van der Waals surface area contributed by atoms with Gasteiger partial charge in [-0.05, 0) is 25.0 Å². The quantitative estimate of drug-likeness (QED) is 0.888. The largest absolute Gasteiger partial charge is 0.486 e. The summed E-state index contributed by atoms with van der Waals surface area (Å²) in [6.45, 7) is 1.10. The minimum atomic E-state index is -0.0267. The fourth-order valence-corrected chi connectivity index (χ4v) is 2.99.